The zero-order chi connectivity index (χ0) is 14.7. The van der Waals surface area contributed by atoms with Gasteiger partial charge >= 0.3 is 5.97 Å². The van der Waals surface area contributed by atoms with Crippen LogP contribution in [0.2, 0.25) is 0 Å². The molecule has 0 radical (unpaired) electrons. The van der Waals surface area contributed by atoms with Crippen molar-refractivity contribution in [2.24, 2.45) is 10.9 Å². The van der Waals surface area contributed by atoms with Crippen LogP contribution >= 0.6 is 0 Å². The molecule has 1 aliphatic rings. The Morgan fingerprint density at radius 2 is 2.00 bits per heavy atom. The van der Waals surface area contributed by atoms with Gasteiger partial charge in [-0.15, -0.1) is 0 Å². The Morgan fingerprint density at radius 1 is 1.25 bits per heavy atom. The van der Waals surface area contributed by atoms with Crippen LogP contribution in [0.4, 0.5) is 0 Å². The normalized spacial score (nSPS) is 16.4. The van der Waals surface area contributed by atoms with E-state index in [1.165, 1.54) is 0 Å². The highest BCUT2D eigenvalue weighted by atomic mass is 16.6. The van der Waals surface area contributed by atoms with Crippen LogP contribution < -0.4 is 9.47 Å². The van der Waals surface area contributed by atoms with Gasteiger partial charge < -0.3 is 14.2 Å². The van der Waals surface area contributed by atoms with Crippen molar-refractivity contribution in [2.75, 3.05) is 14.2 Å². The molecule has 0 unspecified atom stereocenters. The minimum atomic E-state index is -0.446. The molecule has 1 aliphatic heterocycles. The fourth-order valence-electron chi connectivity index (χ4n) is 1.77. The van der Waals surface area contributed by atoms with E-state index in [2.05, 4.69) is 4.99 Å². The third-order valence-electron chi connectivity index (χ3n) is 2.86. The molecule has 106 valence electrons. The molecular formula is C15H17NO4. The predicted octanol–water partition coefficient (Wildman–Crippen LogP) is 2.66. The lowest BCUT2D eigenvalue weighted by Gasteiger charge is -2.07. The fourth-order valence-corrected chi connectivity index (χ4v) is 1.77. The number of rotatable bonds is 4. The molecule has 0 spiro atoms. The van der Waals surface area contributed by atoms with Crippen LogP contribution in [0.3, 0.4) is 0 Å². The van der Waals surface area contributed by atoms with Gasteiger partial charge in [0.1, 0.15) is 11.5 Å². The second-order valence-corrected chi connectivity index (χ2v) is 4.63. The van der Waals surface area contributed by atoms with Crippen molar-refractivity contribution in [3.8, 4) is 11.5 Å². The van der Waals surface area contributed by atoms with Gasteiger partial charge in [0.2, 0.25) is 5.90 Å². The predicted molar refractivity (Wildman–Crippen MR) is 75.9 cm³/mol. The molecule has 1 aromatic rings. The molecule has 0 saturated heterocycles. The Labute approximate surface area is 117 Å². The highest BCUT2D eigenvalue weighted by Gasteiger charge is 2.25. The summed E-state index contributed by atoms with van der Waals surface area (Å²) in [7, 11) is 3.15. The average Bonchev–Trinajstić information content (AvgIpc) is 2.80. The van der Waals surface area contributed by atoms with E-state index in [0.717, 1.165) is 0 Å². The van der Waals surface area contributed by atoms with Gasteiger partial charge in [-0.1, -0.05) is 13.8 Å². The first-order chi connectivity index (χ1) is 9.55. The average molecular weight is 275 g/mol. The Kier molecular flexibility index (Phi) is 4.08. The minimum Gasteiger partial charge on any atom is -0.497 e. The molecule has 0 fully saturated rings. The van der Waals surface area contributed by atoms with Crippen LogP contribution in [-0.2, 0) is 9.53 Å². The standard InChI is InChI=1S/C15H17NO4/c1-9(2)14-16-12(15(17)20-14)8-10-7-11(18-3)5-6-13(10)19-4/h5-9H,1-4H3/b12-8-. The van der Waals surface area contributed by atoms with E-state index < -0.39 is 5.97 Å². The smallest absolute Gasteiger partial charge is 0.363 e. The van der Waals surface area contributed by atoms with Gasteiger partial charge in [0.15, 0.2) is 5.70 Å². The first-order valence-corrected chi connectivity index (χ1v) is 6.29. The molecule has 2 rings (SSSR count). The van der Waals surface area contributed by atoms with E-state index in [0.29, 0.717) is 23.0 Å². The number of hydrogen-bond donors (Lipinski definition) is 0. The number of benzene rings is 1. The maximum Gasteiger partial charge on any atom is 0.363 e. The van der Waals surface area contributed by atoms with Gasteiger partial charge in [-0.2, -0.15) is 0 Å². The molecule has 1 aromatic carbocycles. The molecule has 1 heterocycles. The summed E-state index contributed by atoms with van der Waals surface area (Å²) in [6.45, 7) is 3.84. The number of aliphatic imine (C=N–C) groups is 1. The van der Waals surface area contributed by atoms with Crippen molar-refractivity contribution in [3.05, 3.63) is 29.5 Å². The number of nitrogens with zero attached hydrogens (tertiary/aromatic N) is 1. The van der Waals surface area contributed by atoms with Crippen LogP contribution in [0.15, 0.2) is 28.9 Å². The lowest BCUT2D eigenvalue weighted by atomic mass is 10.1. The van der Waals surface area contributed by atoms with Gasteiger partial charge in [0, 0.05) is 11.5 Å². The van der Waals surface area contributed by atoms with Gasteiger partial charge in [0.05, 0.1) is 14.2 Å². The van der Waals surface area contributed by atoms with Gasteiger partial charge in [-0.25, -0.2) is 9.79 Å². The van der Waals surface area contributed by atoms with Crippen molar-refractivity contribution in [1.29, 1.82) is 0 Å². The van der Waals surface area contributed by atoms with Crippen molar-refractivity contribution in [1.82, 2.24) is 0 Å². The highest BCUT2D eigenvalue weighted by Crippen LogP contribution is 2.28. The molecule has 0 atom stereocenters. The number of carbonyl (C=O) groups is 1. The number of methoxy groups -OCH3 is 2. The number of cyclic esters (lactones) is 1. The summed E-state index contributed by atoms with van der Waals surface area (Å²) in [5.74, 6) is 1.37. The third-order valence-corrected chi connectivity index (χ3v) is 2.86. The van der Waals surface area contributed by atoms with Crippen LogP contribution in [0, 0.1) is 5.92 Å². The van der Waals surface area contributed by atoms with E-state index in [4.69, 9.17) is 14.2 Å². The first-order valence-electron chi connectivity index (χ1n) is 6.29. The van der Waals surface area contributed by atoms with Crippen LogP contribution in [0.1, 0.15) is 19.4 Å². The lowest BCUT2D eigenvalue weighted by molar-refractivity contribution is -0.130. The van der Waals surface area contributed by atoms with E-state index in [-0.39, 0.29) is 11.6 Å². The fraction of sp³-hybridized carbons (Fsp3) is 0.333. The summed E-state index contributed by atoms with van der Waals surface area (Å²) < 4.78 is 15.5. The SMILES string of the molecule is COc1ccc(OC)c(/C=C2\N=C(C(C)C)OC2=O)c1. The highest BCUT2D eigenvalue weighted by molar-refractivity contribution is 6.07. The number of esters is 1. The third kappa shape index (κ3) is 2.82. The maximum atomic E-state index is 11.8. The van der Waals surface area contributed by atoms with Crippen LogP contribution in [0.5, 0.6) is 11.5 Å². The van der Waals surface area contributed by atoms with Crippen molar-refractivity contribution >= 4 is 17.9 Å². The molecule has 5 heteroatoms. The second kappa shape index (κ2) is 5.77. The molecule has 0 bridgehead atoms. The Morgan fingerprint density at radius 3 is 2.55 bits per heavy atom. The molecule has 0 aliphatic carbocycles. The van der Waals surface area contributed by atoms with Crippen LogP contribution in [0.25, 0.3) is 6.08 Å². The zero-order valence-corrected chi connectivity index (χ0v) is 12.0. The van der Waals surface area contributed by atoms with Crippen molar-refractivity contribution in [3.63, 3.8) is 0 Å². The summed E-state index contributed by atoms with van der Waals surface area (Å²) in [4.78, 5) is 16.0. The molecule has 0 N–H and O–H groups in total. The lowest BCUT2D eigenvalue weighted by Crippen LogP contribution is -2.09. The van der Waals surface area contributed by atoms with E-state index in [1.807, 2.05) is 13.8 Å². The molecule has 0 aromatic heterocycles. The molecule has 5 nitrogen and oxygen atoms in total. The second-order valence-electron chi connectivity index (χ2n) is 4.63. The van der Waals surface area contributed by atoms with E-state index in [9.17, 15) is 4.79 Å². The summed E-state index contributed by atoms with van der Waals surface area (Å²) in [5.41, 5.74) is 0.979. The zero-order valence-electron chi connectivity index (χ0n) is 12.0. The minimum absolute atomic E-state index is 0.0667. The summed E-state index contributed by atoms with van der Waals surface area (Å²) in [5, 5.41) is 0. The Bertz CT molecular complexity index is 588. The number of hydrogen-bond acceptors (Lipinski definition) is 5. The first kappa shape index (κ1) is 14.1. The summed E-state index contributed by atoms with van der Waals surface area (Å²) >= 11 is 0. The Hall–Kier alpha value is -2.30. The van der Waals surface area contributed by atoms with Crippen molar-refractivity contribution in [2.45, 2.75) is 13.8 Å². The Balaban J connectivity index is 2.42. The molecule has 20 heavy (non-hydrogen) atoms. The van der Waals surface area contributed by atoms with Crippen molar-refractivity contribution < 1.29 is 19.0 Å². The molecular weight excluding hydrogens is 258 g/mol. The monoisotopic (exact) mass is 275 g/mol. The maximum absolute atomic E-state index is 11.8. The molecule has 0 amide bonds. The quantitative estimate of drug-likeness (QED) is 0.626. The largest absolute Gasteiger partial charge is 0.497 e. The topological polar surface area (TPSA) is 57.1 Å². The van der Waals surface area contributed by atoms with Crippen LogP contribution in [-0.4, -0.2) is 26.1 Å². The van der Waals surface area contributed by atoms with Gasteiger partial charge in [0.25, 0.3) is 0 Å². The summed E-state index contributed by atoms with van der Waals surface area (Å²) in [6, 6.07) is 5.34. The summed E-state index contributed by atoms with van der Waals surface area (Å²) in [6.07, 6.45) is 1.64. The number of carbonyl (C=O) groups excluding carboxylic acids is 1. The number of ether oxygens (including phenoxy) is 3. The van der Waals surface area contributed by atoms with E-state index in [1.54, 1.807) is 38.5 Å². The molecule has 0 saturated carbocycles. The van der Waals surface area contributed by atoms with Gasteiger partial charge in [-0.05, 0) is 24.3 Å². The van der Waals surface area contributed by atoms with Gasteiger partial charge in [-0.3, -0.25) is 0 Å². The van der Waals surface area contributed by atoms with E-state index >= 15 is 0 Å².